The number of thiazole rings is 1. The highest BCUT2D eigenvalue weighted by Gasteiger charge is 2.16. The van der Waals surface area contributed by atoms with Gasteiger partial charge in [-0.1, -0.05) is 18.0 Å². The van der Waals surface area contributed by atoms with E-state index in [-0.39, 0.29) is 5.91 Å². The number of aryl methyl sites for hydroxylation is 3. The highest BCUT2D eigenvalue weighted by atomic mass is 32.1. The first kappa shape index (κ1) is 17.4. The third-order valence-electron chi connectivity index (χ3n) is 4.41. The molecule has 3 aromatic rings. The Morgan fingerprint density at radius 2 is 2.08 bits per heavy atom. The average molecular weight is 389 g/mol. The van der Waals surface area contributed by atoms with Gasteiger partial charge in [-0.2, -0.15) is 16.3 Å². The van der Waals surface area contributed by atoms with E-state index in [0.29, 0.717) is 29.7 Å². The molecular weight excluding hydrogens is 368 g/mol. The molecule has 0 saturated carbocycles. The smallest absolute Gasteiger partial charge is 0.227 e. The molecule has 0 atom stereocenters. The van der Waals surface area contributed by atoms with Gasteiger partial charge in [-0.25, -0.2) is 4.98 Å². The summed E-state index contributed by atoms with van der Waals surface area (Å²) < 4.78 is 5.23. The molecule has 6 nitrogen and oxygen atoms in total. The van der Waals surface area contributed by atoms with Crippen LogP contribution in [0.2, 0.25) is 0 Å². The van der Waals surface area contributed by atoms with Gasteiger partial charge in [0.2, 0.25) is 17.6 Å². The van der Waals surface area contributed by atoms with Crippen LogP contribution in [0.1, 0.15) is 48.6 Å². The minimum absolute atomic E-state index is 0.0676. The maximum atomic E-state index is 12.2. The van der Waals surface area contributed by atoms with Crippen LogP contribution in [-0.4, -0.2) is 21.0 Å². The van der Waals surface area contributed by atoms with Crippen LogP contribution in [0, 0.1) is 0 Å². The fourth-order valence-electron chi connectivity index (χ4n) is 3.03. The quantitative estimate of drug-likeness (QED) is 0.697. The van der Waals surface area contributed by atoms with Crippen molar-refractivity contribution in [3.63, 3.8) is 0 Å². The van der Waals surface area contributed by atoms with Gasteiger partial charge in [0.15, 0.2) is 5.13 Å². The lowest BCUT2D eigenvalue weighted by atomic mass is 10.0. The molecular formula is C18H20N4O2S2. The number of aromatic nitrogens is 3. The second kappa shape index (κ2) is 8.09. The predicted molar refractivity (Wildman–Crippen MR) is 103 cm³/mol. The van der Waals surface area contributed by atoms with Crippen molar-refractivity contribution in [2.45, 2.75) is 51.4 Å². The number of hydrogen-bond donors (Lipinski definition) is 1. The summed E-state index contributed by atoms with van der Waals surface area (Å²) in [5.74, 6) is 0.983. The maximum Gasteiger partial charge on any atom is 0.227 e. The summed E-state index contributed by atoms with van der Waals surface area (Å²) in [6.45, 7) is 0. The van der Waals surface area contributed by atoms with Gasteiger partial charge in [0.05, 0.1) is 5.69 Å². The van der Waals surface area contributed by atoms with Crippen molar-refractivity contribution in [3.05, 3.63) is 33.3 Å². The van der Waals surface area contributed by atoms with E-state index in [1.165, 1.54) is 36.3 Å². The van der Waals surface area contributed by atoms with Gasteiger partial charge in [0, 0.05) is 28.7 Å². The monoisotopic (exact) mass is 388 g/mol. The molecule has 8 heteroatoms. The van der Waals surface area contributed by atoms with Gasteiger partial charge >= 0.3 is 0 Å². The van der Waals surface area contributed by atoms with Crippen molar-refractivity contribution in [3.8, 4) is 11.4 Å². The zero-order valence-electron chi connectivity index (χ0n) is 14.4. The second-order valence-corrected chi connectivity index (χ2v) is 8.24. The second-order valence-electron chi connectivity index (χ2n) is 6.38. The molecule has 1 N–H and O–H groups in total. The molecule has 0 saturated heterocycles. The van der Waals surface area contributed by atoms with E-state index in [4.69, 9.17) is 4.52 Å². The van der Waals surface area contributed by atoms with E-state index in [2.05, 4.69) is 20.4 Å². The molecule has 3 heterocycles. The Balaban J connectivity index is 1.32. The molecule has 26 heavy (non-hydrogen) atoms. The van der Waals surface area contributed by atoms with Crippen LogP contribution in [0.4, 0.5) is 5.13 Å². The molecule has 0 spiro atoms. The first-order chi connectivity index (χ1) is 12.8. The number of fused-ring (bicyclic) bond motifs is 1. The predicted octanol–water partition coefficient (Wildman–Crippen LogP) is 4.48. The molecule has 1 aliphatic rings. The number of amides is 1. The standard InChI is InChI=1S/C18H20N4O2S2/c23-15(7-8-16-21-17(22-24-16)12-9-10-25-11-12)20-18-19-13-5-3-1-2-4-6-14(13)26-18/h9-11H,1-8H2,(H,19,20,23). The van der Waals surface area contributed by atoms with Crippen molar-refractivity contribution < 1.29 is 9.32 Å². The molecule has 0 aliphatic heterocycles. The fraction of sp³-hybridized carbons (Fsp3) is 0.444. The Hall–Kier alpha value is -2.06. The highest BCUT2D eigenvalue weighted by Crippen LogP contribution is 2.28. The van der Waals surface area contributed by atoms with Crippen molar-refractivity contribution in [1.29, 1.82) is 0 Å². The zero-order chi connectivity index (χ0) is 17.8. The highest BCUT2D eigenvalue weighted by molar-refractivity contribution is 7.15. The maximum absolute atomic E-state index is 12.2. The van der Waals surface area contributed by atoms with Gasteiger partial charge in [-0.05, 0) is 37.1 Å². The molecule has 0 fully saturated rings. The lowest BCUT2D eigenvalue weighted by Gasteiger charge is -2.06. The summed E-state index contributed by atoms with van der Waals surface area (Å²) in [6.07, 6.45) is 7.79. The summed E-state index contributed by atoms with van der Waals surface area (Å²) in [5, 5.41) is 11.5. The van der Waals surface area contributed by atoms with Crippen LogP contribution in [-0.2, 0) is 24.1 Å². The Morgan fingerprint density at radius 3 is 2.92 bits per heavy atom. The van der Waals surface area contributed by atoms with E-state index in [0.717, 1.165) is 18.4 Å². The van der Waals surface area contributed by atoms with Crippen LogP contribution >= 0.6 is 22.7 Å². The number of carbonyl (C=O) groups excluding carboxylic acids is 1. The van der Waals surface area contributed by atoms with Crippen LogP contribution in [0.3, 0.4) is 0 Å². The Morgan fingerprint density at radius 1 is 1.19 bits per heavy atom. The third kappa shape index (κ3) is 4.19. The van der Waals surface area contributed by atoms with E-state index >= 15 is 0 Å². The van der Waals surface area contributed by atoms with Crippen molar-refractivity contribution in [2.24, 2.45) is 0 Å². The summed E-state index contributed by atoms with van der Waals surface area (Å²) >= 11 is 3.20. The molecule has 3 aromatic heterocycles. The molecule has 0 aromatic carbocycles. The van der Waals surface area contributed by atoms with Gasteiger partial charge in [-0.15, -0.1) is 11.3 Å². The molecule has 0 radical (unpaired) electrons. The SMILES string of the molecule is O=C(CCc1nc(-c2ccsc2)no1)Nc1nc2c(s1)CCCCCC2. The third-order valence-corrected chi connectivity index (χ3v) is 6.16. The summed E-state index contributed by atoms with van der Waals surface area (Å²) in [7, 11) is 0. The van der Waals surface area contributed by atoms with Crippen molar-refractivity contribution in [2.75, 3.05) is 5.32 Å². The number of nitrogens with zero attached hydrogens (tertiary/aromatic N) is 3. The van der Waals surface area contributed by atoms with Gasteiger partial charge in [0.1, 0.15) is 0 Å². The van der Waals surface area contributed by atoms with Gasteiger partial charge < -0.3 is 9.84 Å². The Kier molecular flexibility index (Phi) is 5.40. The molecule has 0 unspecified atom stereocenters. The number of hydrogen-bond acceptors (Lipinski definition) is 7. The van der Waals surface area contributed by atoms with Crippen molar-refractivity contribution in [1.82, 2.24) is 15.1 Å². The molecule has 1 amide bonds. The average Bonchev–Trinajstić information content (AvgIpc) is 3.34. The van der Waals surface area contributed by atoms with E-state index < -0.39 is 0 Å². The number of rotatable bonds is 5. The normalized spacial score (nSPS) is 14.5. The number of thiophene rings is 1. The molecule has 4 rings (SSSR count). The van der Waals surface area contributed by atoms with Gasteiger partial charge in [0.25, 0.3) is 0 Å². The van der Waals surface area contributed by atoms with Crippen LogP contribution < -0.4 is 5.32 Å². The molecule has 0 bridgehead atoms. The van der Waals surface area contributed by atoms with E-state index in [9.17, 15) is 4.79 Å². The minimum atomic E-state index is -0.0676. The summed E-state index contributed by atoms with van der Waals surface area (Å²) in [6, 6.07) is 1.95. The minimum Gasteiger partial charge on any atom is -0.339 e. The van der Waals surface area contributed by atoms with Crippen LogP contribution in [0.5, 0.6) is 0 Å². The molecule has 136 valence electrons. The summed E-state index contributed by atoms with van der Waals surface area (Å²) in [5.41, 5.74) is 2.11. The number of carbonyl (C=O) groups is 1. The van der Waals surface area contributed by atoms with Crippen LogP contribution in [0.15, 0.2) is 21.3 Å². The molecule has 1 aliphatic carbocycles. The largest absolute Gasteiger partial charge is 0.339 e. The summed E-state index contributed by atoms with van der Waals surface area (Å²) in [4.78, 5) is 22.5. The number of nitrogens with one attached hydrogen (secondary N) is 1. The Labute approximate surface area is 159 Å². The first-order valence-corrected chi connectivity index (χ1v) is 10.7. The zero-order valence-corrected chi connectivity index (χ0v) is 16.0. The Bertz CT molecular complexity index is 844. The first-order valence-electron chi connectivity index (χ1n) is 8.91. The van der Waals surface area contributed by atoms with E-state index in [1.54, 1.807) is 22.7 Å². The van der Waals surface area contributed by atoms with Crippen LogP contribution in [0.25, 0.3) is 11.4 Å². The number of anilines is 1. The van der Waals surface area contributed by atoms with Gasteiger partial charge in [-0.3, -0.25) is 4.79 Å². The fourth-order valence-corrected chi connectivity index (χ4v) is 4.73. The van der Waals surface area contributed by atoms with Crippen molar-refractivity contribution >= 4 is 33.7 Å². The topological polar surface area (TPSA) is 80.9 Å². The lowest BCUT2D eigenvalue weighted by Crippen LogP contribution is -2.12. The lowest BCUT2D eigenvalue weighted by molar-refractivity contribution is -0.116. The van der Waals surface area contributed by atoms with E-state index in [1.807, 2.05) is 16.8 Å².